The fourth-order valence-electron chi connectivity index (χ4n) is 2.46. The molecule has 0 radical (unpaired) electrons. The van der Waals surface area contributed by atoms with E-state index in [1.54, 1.807) is 25.3 Å². The Balaban J connectivity index is 2.15. The minimum absolute atomic E-state index is 0.288. The molecule has 2 rings (SSSR count). The maximum Gasteiger partial charge on any atom is 0.229 e. The molecule has 0 amide bonds. The molecule has 1 heterocycles. The minimum Gasteiger partial charge on any atom is -0.493 e. The van der Waals surface area contributed by atoms with Crippen molar-refractivity contribution in [2.45, 2.75) is 30.7 Å². The number of aliphatic hydroxyl groups excluding tert-OH is 4. The SMILES string of the molecule is COCC=Cc1ccc(O[C@@H]2O[C@H](CO)[C@@H](O)[C@H](O)[C@H]2O)c(OC)c1. The molecule has 0 unspecified atom stereocenters. The Morgan fingerprint density at radius 3 is 2.48 bits per heavy atom. The summed E-state index contributed by atoms with van der Waals surface area (Å²) in [7, 11) is 3.07. The summed E-state index contributed by atoms with van der Waals surface area (Å²) in [6, 6.07) is 5.13. The van der Waals surface area contributed by atoms with Gasteiger partial charge in [-0.25, -0.2) is 0 Å². The Labute approximate surface area is 145 Å². The van der Waals surface area contributed by atoms with Crippen LogP contribution in [0.15, 0.2) is 24.3 Å². The fraction of sp³-hybridized carbons (Fsp3) is 0.529. The first kappa shape index (κ1) is 19.6. The molecule has 1 aromatic rings. The highest BCUT2D eigenvalue weighted by Crippen LogP contribution is 2.32. The van der Waals surface area contributed by atoms with Crippen LogP contribution in [0.2, 0.25) is 0 Å². The number of hydrogen-bond acceptors (Lipinski definition) is 8. The summed E-state index contributed by atoms with van der Waals surface area (Å²) in [5, 5.41) is 38.9. The van der Waals surface area contributed by atoms with Gasteiger partial charge in [-0.1, -0.05) is 18.2 Å². The van der Waals surface area contributed by atoms with Crippen molar-refractivity contribution in [2.75, 3.05) is 27.4 Å². The van der Waals surface area contributed by atoms with E-state index < -0.39 is 37.3 Å². The van der Waals surface area contributed by atoms with Crippen LogP contribution in [-0.2, 0) is 9.47 Å². The molecule has 1 fully saturated rings. The molecule has 1 aliphatic heterocycles. The number of hydrogen-bond donors (Lipinski definition) is 4. The van der Waals surface area contributed by atoms with Crippen LogP contribution in [0.5, 0.6) is 11.5 Å². The van der Waals surface area contributed by atoms with Gasteiger partial charge in [-0.05, 0) is 17.7 Å². The highest BCUT2D eigenvalue weighted by atomic mass is 16.7. The van der Waals surface area contributed by atoms with Crippen LogP contribution in [-0.4, -0.2) is 78.6 Å². The van der Waals surface area contributed by atoms with Crippen LogP contribution in [0.4, 0.5) is 0 Å². The largest absolute Gasteiger partial charge is 0.493 e. The molecule has 8 nitrogen and oxygen atoms in total. The summed E-state index contributed by atoms with van der Waals surface area (Å²) in [4.78, 5) is 0. The van der Waals surface area contributed by atoms with Gasteiger partial charge >= 0.3 is 0 Å². The number of rotatable bonds is 7. The monoisotopic (exact) mass is 356 g/mol. The van der Waals surface area contributed by atoms with Crippen molar-refractivity contribution in [1.82, 2.24) is 0 Å². The van der Waals surface area contributed by atoms with E-state index in [4.69, 9.17) is 18.9 Å². The van der Waals surface area contributed by atoms with Crippen molar-refractivity contribution in [3.05, 3.63) is 29.8 Å². The van der Waals surface area contributed by atoms with E-state index in [1.165, 1.54) is 7.11 Å². The smallest absolute Gasteiger partial charge is 0.229 e. The molecule has 140 valence electrons. The highest BCUT2D eigenvalue weighted by molar-refractivity contribution is 5.56. The van der Waals surface area contributed by atoms with Gasteiger partial charge in [-0.3, -0.25) is 0 Å². The lowest BCUT2D eigenvalue weighted by molar-refractivity contribution is -0.277. The third kappa shape index (κ3) is 4.69. The average Bonchev–Trinajstić information content (AvgIpc) is 2.63. The van der Waals surface area contributed by atoms with Gasteiger partial charge < -0.3 is 39.4 Å². The van der Waals surface area contributed by atoms with Crippen LogP contribution in [0.3, 0.4) is 0 Å². The van der Waals surface area contributed by atoms with Crippen LogP contribution in [0.25, 0.3) is 6.08 Å². The fourth-order valence-corrected chi connectivity index (χ4v) is 2.46. The molecule has 0 saturated carbocycles. The quantitative estimate of drug-likeness (QED) is 0.518. The average molecular weight is 356 g/mol. The van der Waals surface area contributed by atoms with Gasteiger partial charge in [0.25, 0.3) is 0 Å². The summed E-state index contributed by atoms with van der Waals surface area (Å²) >= 11 is 0. The van der Waals surface area contributed by atoms with Gasteiger partial charge in [0.2, 0.25) is 6.29 Å². The Morgan fingerprint density at radius 2 is 1.84 bits per heavy atom. The molecule has 25 heavy (non-hydrogen) atoms. The molecule has 0 aliphatic carbocycles. The van der Waals surface area contributed by atoms with Gasteiger partial charge in [0.15, 0.2) is 11.5 Å². The molecule has 0 aromatic heterocycles. The van der Waals surface area contributed by atoms with Crippen molar-refractivity contribution < 1.29 is 39.4 Å². The third-order valence-electron chi connectivity index (χ3n) is 3.85. The minimum atomic E-state index is -1.50. The Bertz CT molecular complexity index is 574. The molecule has 0 bridgehead atoms. The van der Waals surface area contributed by atoms with Gasteiger partial charge in [-0.15, -0.1) is 0 Å². The van der Waals surface area contributed by atoms with E-state index in [1.807, 2.05) is 12.2 Å². The summed E-state index contributed by atoms with van der Waals surface area (Å²) < 4.78 is 21.1. The lowest BCUT2D eigenvalue weighted by atomic mass is 9.99. The van der Waals surface area contributed by atoms with Crippen LogP contribution in [0.1, 0.15) is 5.56 Å². The lowest BCUT2D eigenvalue weighted by Gasteiger charge is -2.39. The second-order valence-corrected chi connectivity index (χ2v) is 5.58. The van der Waals surface area contributed by atoms with E-state index in [0.717, 1.165) is 5.56 Å². The second-order valence-electron chi connectivity index (χ2n) is 5.58. The van der Waals surface area contributed by atoms with Crippen molar-refractivity contribution in [1.29, 1.82) is 0 Å². The van der Waals surface area contributed by atoms with Gasteiger partial charge in [0.05, 0.1) is 20.3 Å². The Hall–Kier alpha value is -1.68. The predicted octanol–water partition coefficient (Wildman–Crippen LogP) is -0.467. The zero-order valence-electron chi connectivity index (χ0n) is 14.1. The van der Waals surface area contributed by atoms with Crippen LogP contribution < -0.4 is 9.47 Å². The summed E-state index contributed by atoms with van der Waals surface area (Å²) in [5.41, 5.74) is 0.857. The molecule has 5 atom stereocenters. The molecule has 8 heteroatoms. The Morgan fingerprint density at radius 1 is 1.08 bits per heavy atom. The summed E-state index contributed by atoms with van der Waals surface area (Å²) in [6.07, 6.45) is -3.03. The highest BCUT2D eigenvalue weighted by Gasteiger charge is 2.44. The molecular weight excluding hydrogens is 332 g/mol. The van der Waals surface area contributed by atoms with E-state index >= 15 is 0 Å². The maximum absolute atomic E-state index is 10.0. The molecular formula is C17H24O8. The summed E-state index contributed by atoms with van der Waals surface area (Å²) in [5.74, 6) is 0.687. The van der Waals surface area contributed by atoms with Crippen molar-refractivity contribution >= 4 is 6.08 Å². The van der Waals surface area contributed by atoms with Gasteiger partial charge in [0, 0.05) is 7.11 Å². The number of benzene rings is 1. The Kier molecular flexibility index (Phi) is 7.18. The molecule has 1 saturated heterocycles. The van der Waals surface area contributed by atoms with E-state index in [9.17, 15) is 20.4 Å². The standard InChI is InChI=1S/C17H24O8/c1-22-7-3-4-10-5-6-11(12(8-10)23-2)24-17-16(21)15(20)14(19)13(9-18)25-17/h3-6,8,13-21H,7,9H2,1-2H3/t13-,14-,15+,16-,17-/m1/s1. The van der Waals surface area contributed by atoms with Crippen LogP contribution >= 0.6 is 0 Å². The van der Waals surface area contributed by atoms with Crippen molar-refractivity contribution in [2.24, 2.45) is 0 Å². The third-order valence-corrected chi connectivity index (χ3v) is 3.85. The number of ether oxygens (including phenoxy) is 4. The molecule has 1 aliphatic rings. The van der Waals surface area contributed by atoms with Crippen LogP contribution in [0, 0.1) is 0 Å². The topological polar surface area (TPSA) is 118 Å². The lowest BCUT2D eigenvalue weighted by Crippen LogP contribution is -2.60. The zero-order valence-corrected chi connectivity index (χ0v) is 14.1. The number of aliphatic hydroxyl groups is 4. The van der Waals surface area contributed by atoms with Gasteiger partial charge in [0.1, 0.15) is 24.4 Å². The first-order chi connectivity index (χ1) is 12.0. The summed E-state index contributed by atoms with van der Waals surface area (Å²) in [6.45, 7) is -0.0450. The first-order valence-electron chi connectivity index (χ1n) is 7.82. The predicted molar refractivity (Wildman–Crippen MR) is 88.3 cm³/mol. The van der Waals surface area contributed by atoms with Gasteiger partial charge in [-0.2, -0.15) is 0 Å². The van der Waals surface area contributed by atoms with Crippen molar-refractivity contribution in [3.8, 4) is 11.5 Å². The maximum atomic E-state index is 10.0. The van der Waals surface area contributed by atoms with E-state index in [-0.39, 0.29) is 5.75 Å². The first-order valence-corrected chi connectivity index (χ1v) is 7.82. The van der Waals surface area contributed by atoms with Crippen molar-refractivity contribution in [3.63, 3.8) is 0 Å². The second kappa shape index (κ2) is 9.14. The van der Waals surface area contributed by atoms with E-state index in [0.29, 0.717) is 12.4 Å². The zero-order chi connectivity index (χ0) is 18.4. The molecule has 1 aromatic carbocycles. The van der Waals surface area contributed by atoms with E-state index in [2.05, 4.69) is 0 Å². The normalized spacial score (nSPS) is 29.8. The molecule has 0 spiro atoms. The molecule has 4 N–H and O–H groups in total. The number of methoxy groups -OCH3 is 2.